The van der Waals surface area contributed by atoms with E-state index in [0.29, 0.717) is 0 Å². The van der Waals surface area contributed by atoms with E-state index in [1.54, 1.807) is 0 Å². The summed E-state index contributed by atoms with van der Waals surface area (Å²) in [5.41, 5.74) is 0.824. The molecule has 0 aliphatic heterocycles. The Bertz CT molecular complexity index is 850. The van der Waals surface area contributed by atoms with Crippen molar-refractivity contribution in [2.45, 2.75) is 32.4 Å². The molecular formula is C23H25BrO2Si. The highest BCUT2D eigenvalue weighted by atomic mass is 79.9. The van der Waals surface area contributed by atoms with Crippen molar-refractivity contribution >= 4 is 34.6 Å². The van der Waals surface area contributed by atoms with Crippen LogP contribution in [0.3, 0.4) is 0 Å². The summed E-state index contributed by atoms with van der Waals surface area (Å²) >= 11 is 3.50. The standard InChI is InChI=1S/C23H25BrO2Si/c1-23(2,3)27(20-10-6-4-7-11-20,21-12-8-5-9-13-21)26-19-14-15-22(24)18(16-19)17-25/h4-16,25H,17H2,1-3H3. The van der Waals surface area contributed by atoms with E-state index in [1.165, 1.54) is 10.4 Å². The molecule has 0 heterocycles. The highest BCUT2D eigenvalue weighted by Gasteiger charge is 2.52. The second-order valence-electron chi connectivity index (χ2n) is 7.68. The molecule has 0 amide bonds. The molecule has 0 spiro atoms. The normalized spacial score (nSPS) is 12.0. The topological polar surface area (TPSA) is 29.5 Å². The van der Waals surface area contributed by atoms with Crippen molar-refractivity contribution in [3.63, 3.8) is 0 Å². The largest absolute Gasteiger partial charge is 0.534 e. The molecular weight excluding hydrogens is 416 g/mol. The first-order valence-corrected chi connectivity index (χ1v) is 11.8. The van der Waals surface area contributed by atoms with E-state index >= 15 is 0 Å². The van der Waals surface area contributed by atoms with Crippen LogP contribution in [0.1, 0.15) is 26.3 Å². The van der Waals surface area contributed by atoms with Gasteiger partial charge in [-0.1, -0.05) is 97.4 Å². The number of benzene rings is 3. The molecule has 3 rings (SSSR count). The first-order chi connectivity index (χ1) is 12.9. The van der Waals surface area contributed by atoms with Gasteiger partial charge in [-0.2, -0.15) is 0 Å². The van der Waals surface area contributed by atoms with E-state index < -0.39 is 8.32 Å². The Labute approximate surface area is 171 Å². The lowest BCUT2D eigenvalue weighted by atomic mass is 10.2. The van der Waals surface area contributed by atoms with Gasteiger partial charge in [-0.25, -0.2) is 0 Å². The molecule has 3 aromatic rings. The maximum Gasteiger partial charge on any atom is 0.319 e. The van der Waals surface area contributed by atoms with Gasteiger partial charge in [-0.05, 0) is 39.2 Å². The molecule has 3 aromatic carbocycles. The maximum atomic E-state index is 9.66. The number of hydrogen-bond donors (Lipinski definition) is 1. The SMILES string of the molecule is CC(C)(C)[Si](Oc1ccc(Br)c(CO)c1)(c1ccccc1)c1ccccc1. The fourth-order valence-electron chi connectivity index (χ4n) is 3.56. The van der Waals surface area contributed by atoms with Crippen molar-refractivity contribution in [3.8, 4) is 5.75 Å². The van der Waals surface area contributed by atoms with Crippen LogP contribution in [0.4, 0.5) is 0 Å². The minimum absolute atomic E-state index is 0.0292. The van der Waals surface area contributed by atoms with Gasteiger partial charge in [-0.3, -0.25) is 0 Å². The Balaban J connectivity index is 2.24. The zero-order valence-corrected chi connectivity index (χ0v) is 18.5. The predicted molar refractivity (Wildman–Crippen MR) is 118 cm³/mol. The van der Waals surface area contributed by atoms with Crippen molar-refractivity contribution in [3.05, 3.63) is 88.9 Å². The quantitative estimate of drug-likeness (QED) is 0.572. The van der Waals surface area contributed by atoms with Gasteiger partial charge in [0.2, 0.25) is 0 Å². The zero-order chi connectivity index (χ0) is 19.5. The molecule has 0 bridgehead atoms. The lowest BCUT2D eigenvalue weighted by Crippen LogP contribution is -2.68. The predicted octanol–water partition coefficient (Wildman–Crippen LogP) is 4.88. The highest BCUT2D eigenvalue weighted by molar-refractivity contribution is 9.10. The Morgan fingerprint density at radius 2 is 1.37 bits per heavy atom. The fraction of sp³-hybridized carbons (Fsp3) is 0.217. The van der Waals surface area contributed by atoms with Gasteiger partial charge < -0.3 is 9.53 Å². The molecule has 140 valence electrons. The van der Waals surface area contributed by atoms with Crippen molar-refractivity contribution in [2.24, 2.45) is 0 Å². The number of aliphatic hydroxyl groups is 1. The number of rotatable bonds is 5. The summed E-state index contributed by atoms with van der Waals surface area (Å²) in [6.07, 6.45) is 0. The summed E-state index contributed by atoms with van der Waals surface area (Å²) in [7, 11) is -2.64. The average molecular weight is 441 g/mol. The van der Waals surface area contributed by atoms with E-state index in [-0.39, 0.29) is 11.6 Å². The molecule has 27 heavy (non-hydrogen) atoms. The molecule has 0 saturated carbocycles. The summed E-state index contributed by atoms with van der Waals surface area (Å²) in [4.78, 5) is 0. The highest BCUT2D eigenvalue weighted by Crippen LogP contribution is 2.38. The first kappa shape index (κ1) is 19.9. The Kier molecular flexibility index (Phi) is 5.89. The summed E-state index contributed by atoms with van der Waals surface area (Å²) in [6.45, 7) is 6.74. The van der Waals surface area contributed by atoms with Crippen molar-refractivity contribution in [1.82, 2.24) is 0 Å². The number of hydrogen-bond acceptors (Lipinski definition) is 2. The third-order valence-corrected chi connectivity index (χ3v) is 10.6. The third-order valence-electron chi connectivity index (χ3n) is 4.88. The van der Waals surface area contributed by atoms with Crippen molar-refractivity contribution < 1.29 is 9.53 Å². The molecule has 0 atom stereocenters. The van der Waals surface area contributed by atoms with Crippen molar-refractivity contribution in [2.75, 3.05) is 0 Å². The van der Waals surface area contributed by atoms with E-state index in [2.05, 4.69) is 85.2 Å². The minimum atomic E-state index is -2.64. The van der Waals surface area contributed by atoms with Gasteiger partial charge in [0.25, 0.3) is 0 Å². The minimum Gasteiger partial charge on any atom is -0.534 e. The summed E-state index contributed by atoms with van der Waals surface area (Å²) in [5.74, 6) is 0.788. The lowest BCUT2D eigenvalue weighted by molar-refractivity contribution is 0.280. The lowest BCUT2D eigenvalue weighted by Gasteiger charge is -2.43. The monoisotopic (exact) mass is 440 g/mol. The summed E-state index contributed by atoms with van der Waals surface area (Å²) in [6, 6.07) is 27.0. The molecule has 1 N–H and O–H groups in total. The van der Waals surface area contributed by atoms with Crippen LogP contribution in [-0.4, -0.2) is 13.4 Å². The fourth-order valence-corrected chi connectivity index (χ4v) is 8.35. The second-order valence-corrected chi connectivity index (χ2v) is 12.8. The van der Waals surface area contributed by atoms with Gasteiger partial charge in [0, 0.05) is 4.47 Å². The van der Waals surface area contributed by atoms with Crippen LogP contribution in [0.25, 0.3) is 0 Å². The molecule has 0 radical (unpaired) electrons. The number of halogens is 1. The van der Waals surface area contributed by atoms with Gasteiger partial charge in [0.05, 0.1) is 6.61 Å². The van der Waals surface area contributed by atoms with Crippen molar-refractivity contribution in [1.29, 1.82) is 0 Å². The van der Waals surface area contributed by atoms with Gasteiger partial charge in [0.1, 0.15) is 5.75 Å². The van der Waals surface area contributed by atoms with E-state index in [4.69, 9.17) is 4.43 Å². The van der Waals surface area contributed by atoms with Crippen LogP contribution in [-0.2, 0) is 6.61 Å². The first-order valence-electron chi connectivity index (χ1n) is 9.08. The van der Waals surface area contributed by atoms with E-state index in [9.17, 15) is 5.11 Å². The molecule has 4 heteroatoms. The maximum absolute atomic E-state index is 9.66. The average Bonchev–Trinajstić information content (AvgIpc) is 2.67. The molecule has 0 aromatic heterocycles. The second kappa shape index (κ2) is 8.01. The molecule has 0 fully saturated rings. The summed E-state index contributed by atoms with van der Waals surface area (Å²) in [5, 5.41) is 12.0. The van der Waals surface area contributed by atoms with Gasteiger partial charge in [0.15, 0.2) is 0 Å². The van der Waals surface area contributed by atoms with Crippen LogP contribution in [0.15, 0.2) is 83.3 Å². The Morgan fingerprint density at radius 1 is 0.852 bits per heavy atom. The Hall–Kier alpha value is -1.88. The number of aliphatic hydroxyl groups excluding tert-OH is 1. The summed E-state index contributed by atoms with van der Waals surface area (Å²) < 4.78 is 7.83. The molecule has 0 unspecified atom stereocenters. The molecule has 2 nitrogen and oxygen atoms in total. The third kappa shape index (κ3) is 3.88. The van der Waals surface area contributed by atoms with Gasteiger partial charge >= 0.3 is 8.32 Å². The van der Waals surface area contributed by atoms with Crippen LogP contribution in [0, 0.1) is 0 Å². The zero-order valence-electron chi connectivity index (χ0n) is 15.9. The van der Waals surface area contributed by atoms with Crippen LogP contribution >= 0.6 is 15.9 Å². The smallest absolute Gasteiger partial charge is 0.319 e. The van der Waals surface area contributed by atoms with E-state index in [1.807, 2.05) is 30.3 Å². The van der Waals surface area contributed by atoms with Crippen LogP contribution in [0.5, 0.6) is 5.75 Å². The van der Waals surface area contributed by atoms with Crippen LogP contribution < -0.4 is 14.8 Å². The molecule has 0 saturated heterocycles. The Morgan fingerprint density at radius 3 is 1.81 bits per heavy atom. The van der Waals surface area contributed by atoms with Crippen LogP contribution in [0.2, 0.25) is 5.04 Å². The van der Waals surface area contributed by atoms with Gasteiger partial charge in [-0.15, -0.1) is 0 Å². The molecule has 0 aliphatic rings. The molecule has 0 aliphatic carbocycles. The van der Waals surface area contributed by atoms with E-state index in [0.717, 1.165) is 15.8 Å².